The van der Waals surface area contributed by atoms with Gasteiger partial charge in [-0.3, -0.25) is 4.79 Å². The maximum Gasteiger partial charge on any atom is 0.239 e. The highest BCUT2D eigenvalue weighted by Crippen LogP contribution is 2.34. The molecule has 0 aromatic rings. The Labute approximate surface area is 85.3 Å². The van der Waals surface area contributed by atoms with E-state index in [0.717, 1.165) is 25.4 Å². The van der Waals surface area contributed by atoms with Gasteiger partial charge < -0.3 is 10.2 Å². The highest BCUT2D eigenvalue weighted by Gasteiger charge is 2.32. The molecule has 2 fully saturated rings. The van der Waals surface area contributed by atoms with Crippen molar-refractivity contribution in [1.29, 1.82) is 0 Å². The number of hydrogen-bond donors (Lipinski definition) is 1. The summed E-state index contributed by atoms with van der Waals surface area (Å²) < 4.78 is 0. The van der Waals surface area contributed by atoms with Gasteiger partial charge in [0, 0.05) is 20.1 Å². The van der Waals surface area contributed by atoms with Crippen LogP contribution in [-0.2, 0) is 4.79 Å². The van der Waals surface area contributed by atoms with Crippen molar-refractivity contribution in [1.82, 2.24) is 10.2 Å². The molecule has 2 aliphatic rings. The SMILES string of the molecule is CN1CCNC(CC2CC2)C1=O.Cl. The number of amides is 1. The van der Waals surface area contributed by atoms with Crippen molar-refractivity contribution in [3.05, 3.63) is 0 Å². The van der Waals surface area contributed by atoms with Crippen molar-refractivity contribution in [3.63, 3.8) is 0 Å². The van der Waals surface area contributed by atoms with Gasteiger partial charge in [0.1, 0.15) is 0 Å². The average molecular weight is 205 g/mol. The second-order valence-electron chi connectivity index (χ2n) is 3.95. The topological polar surface area (TPSA) is 32.3 Å². The van der Waals surface area contributed by atoms with Gasteiger partial charge in [0.05, 0.1) is 6.04 Å². The molecular formula is C9H17ClN2O. The molecule has 1 unspecified atom stereocenters. The molecule has 1 amide bonds. The summed E-state index contributed by atoms with van der Waals surface area (Å²) in [6.45, 7) is 1.82. The van der Waals surface area contributed by atoms with Crippen LogP contribution in [0.3, 0.4) is 0 Å². The number of halogens is 1. The van der Waals surface area contributed by atoms with E-state index in [2.05, 4.69) is 5.32 Å². The van der Waals surface area contributed by atoms with E-state index in [1.165, 1.54) is 12.8 Å². The monoisotopic (exact) mass is 204 g/mol. The van der Waals surface area contributed by atoms with Crippen LogP contribution in [0, 0.1) is 5.92 Å². The van der Waals surface area contributed by atoms with Crippen LogP contribution in [0.15, 0.2) is 0 Å². The molecule has 0 spiro atoms. The van der Waals surface area contributed by atoms with Crippen molar-refractivity contribution in [3.8, 4) is 0 Å². The van der Waals surface area contributed by atoms with Crippen LogP contribution in [0.1, 0.15) is 19.3 Å². The molecule has 76 valence electrons. The second-order valence-corrected chi connectivity index (χ2v) is 3.95. The number of rotatable bonds is 2. The zero-order valence-corrected chi connectivity index (χ0v) is 8.77. The molecule has 0 radical (unpaired) electrons. The number of hydrogen-bond acceptors (Lipinski definition) is 2. The van der Waals surface area contributed by atoms with Crippen molar-refractivity contribution < 1.29 is 4.79 Å². The van der Waals surface area contributed by atoms with E-state index in [1.807, 2.05) is 11.9 Å². The van der Waals surface area contributed by atoms with Crippen LogP contribution in [0.2, 0.25) is 0 Å². The Balaban J connectivity index is 0.000000845. The molecule has 2 rings (SSSR count). The van der Waals surface area contributed by atoms with Crippen molar-refractivity contribution in [2.75, 3.05) is 20.1 Å². The lowest BCUT2D eigenvalue weighted by Crippen LogP contribution is -2.53. The molecule has 1 N–H and O–H groups in total. The molecule has 1 aliphatic carbocycles. The number of likely N-dealkylation sites (N-methyl/N-ethyl adjacent to an activating group) is 1. The summed E-state index contributed by atoms with van der Waals surface area (Å²) in [4.78, 5) is 13.4. The third kappa shape index (κ3) is 2.58. The summed E-state index contributed by atoms with van der Waals surface area (Å²) in [7, 11) is 1.89. The molecule has 4 heteroatoms. The van der Waals surface area contributed by atoms with E-state index in [4.69, 9.17) is 0 Å². The lowest BCUT2D eigenvalue weighted by Gasteiger charge is -2.30. The minimum atomic E-state index is 0. The van der Waals surface area contributed by atoms with Crippen LogP contribution < -0.4 is 5.32 Å². The Hall–Kier alpha value is -0.280. The third-order valence-electron chi connectivity index (χ3n) is 2.78. The van der Waals surface area contributed by atoms with Gasteiger partial charge in [-0.25, -0.2) is 0 Å². The van der Waals surface area contributed by atoms with E-state index >= 15 is 0 Å². The van der Waals surface area contributed by atoms with Gasteiger partial charge >= 0.3 is 0 Å². The normalized spacial score (nSPS) is 28.5. The van der Waals surface area contributed by atoms with Crippen LogP contribution in [0.25, 0.3) is 0 Å². The molecule has 1 atom stereocenters. The second kappa shape index (κ2) is 4.29. The van der Waals surface area contributed by atoms with Crippen LogP contribution >= 0.6 is 12.4 Å². The van der Waals surface area contributed by atoms with Gasteiger partial charge in [0.15, 0.2) is 0 Å². The number of piperazine rings is 1. The molecule has 1 aliphatic heterocycles. The predicted octanol–water partition coefficient (Wildman–Crippen LogP) is 0.638. The molecular weight excluding hydrogens is 188 g/mol. The van der Waals surface area contributed by atoms with Crippen molar-refractivity contribution in [2.45, 2.75) is 25.3 Å². The van der Waals surface area contributed by atoms with Gasteiger partial charge in [-0.15, -0.1) is 12.4 Å². The molecule has 0 aromatic carbocycles. The molecule has 13 heavy (non-hydrogen) atoms. The summed E-state index contributed by atoms with van der Waals surface area (Å²) in [5, 5.41) is 3.28. The third-order valence-corrected chi connectivity index (χ3v) is 2.78. The molecule has 0 aromatic heterocycles. The summed E-state index contributed by atoms with van der Waals surface area (Å²) >= 11 is 0. The fourth-order valence-corrected chi connectivity index (χ4v) is 1.74. The standard InChI is InChI=1S/C9H16N2O.ClH/c1-11-5-4-10-8(9(11)12)6-7-2-3-7;/h7-8,10H,2-6H2,1H3;1H. The van der Waals surface area contributed by atoms with E-state index in [-0.39, 0.29) is 24.4 Å². The van der Waals surface area contributed by atoms with Crippen molar-refractivity contribution >= 4 is 18.3 Å². The van der Waals surface area contributed by atoms with Gasteiger partial charge in [-0.1, -0.05) is 12.8 Å². The highest BCUT2D eigenvalue weighted by molar-refractivity contribution is 5.85. The molecule has 1 heterocycles. The van der Waals surface area contributed by atoms with E-state index in [9.17, 15) is 4.79 Å². The minimum absolute atomic E-state index is 0. The van der Waals surface area contributed by atoms with Crippen LogP contribution in [-0.4, -0.2) is 37.0 Å². The Morgan fingerprint density at radius 3 is 2.85 bits per heavy atom. The van der Waals surface area contributed by atoms with Crippen LogP contribution in [0.5, 0.6) is 0 Å². The first-order valence-electron chi connectivity index (χ1n) is 4.76. The summed E-state index contributed by atoms with van der Waals surface area (Å²) in [5.74, 6) is 1.12. The molecule has 0 bridgehead atoms. The van der Waals surface area contributed by atoms with E-state index in [1.54, 1.807) is 0 Å². The Bertz CT molecular complexity index is 194. The van der Waals surface area contributed by atoms with E-state index in [0.29, 0.717) is 0 Å². The van der Waals surface area contributed by atoms with Crippen molar-refractivity contribution in [2.24, 2.45) is 5.92 Å². The average Bonchev–Trinajstić information content (AvgIpc) is 2.83. The van der Waals surface area contributed by atoms with E-state index < -0.39 is 0 Å². The fraction of sp³-hybridized carbons (Fsp3) is 0.889. The Morgan fingerprint density at radius 2 is 2.23 bits per heavy atom. The number of carbonyl (C=O) groups is 1. The summed E-state index contributed by atoms with van der Waals surface area (Å²) in [6.07, 6.45) is 3.72. The van der Waals surface area contributed by atoms with Gasteiger partial charge in [-0.05, 0) is 12.3 Å². The quantitative estimate of drug-likeness (QED) is 0.716. The summed E-state index contributed by atoms with van der Waals surface area (Å²) in [6, 6.07) is 0.122. The van der Waals surface area contributed by atoms with Crippen LogP contribution in [0.4, 0.5) is 0 Å². The number of nitrogens with zero attached hydrogens (tertiary/aromatic N) is 1. The maximum absolute atomic E-state index is 11.6. The lowest BCUT2D eigenvalue weighted by atomic mass is 10.1. The van der Waals surface area contributed by atoms with Gasteiger partial charge in [0.2, 0.25) is 5.91 Å². The molecule has 3 nitrogen and oxygen atoms in total. The largest absolute Gasteiger partial charge is 0.343 e. The summed E-state index contributed by atoms with van der Waals surface area (Å²) in [5.41, 5.74) is 0. The highest BCUT2D eigenvalue weighted by atomic mass is 35.5. The first-order chi connectivity index (χ1) is 5.77. The minimum Gasteiger partial charge on any atom is -0.343 e. The smallest absolute Gasteiger partial charge is 0.239 e. The molecule has 1 saturated carbocycles. The molecule has 1 saturated heterocycles. The predicted molar refractivity (Wildman–Crippen MR) is 54.0 cm³/mol. The maximum atomic E-state index is 11.6. The van der Waals surface area contributed by atoms with Gasteiger partial charge in [0.25, 0.3) is 0 Å². The Kier molecular flexibility index (Phi) is 3.56. The zero-order valence-electron chi connectivity index (χ0n) is 7.95. The first kappa shape index (κ1) is 10.8. The number of carbonyl (C=O) groups excluding carboxylic acids is 1. The Morgan fingerprint density at radius 1 is 1.54 bits per heavy atom. The zero-order chi connectivity index (χ0) is 8.55. The number of nitrogens with one attached hydrogen (secondary N) is 1. The first-order valence-corrected chi connectivity index (χ1v) is 4.76. The van der Waals surface area contributed by atoms with Gasteiger partial charge in [-0.2, -0.15) is 0 Å². The fourth-order valence-electron chi connectivity index (χ4n) is 1.74. The lowest BCUT2D eigenvalue weighted by molar-refractivity contribution is -0.134.